The van der Waals surface area contributed by atoms with Gasteiger partial charge in [0.2, 0.25) is 0 Å². The van der Waals surface area contributed by atoms with E-state index in [-0.39, 0.29) is 5.75 Å². The van der Waals surface area contributed by atoms with E-state index in [1.165, 1.54) is 24.0 Å². The first-order chi connectivity index (χ1) is 14.1. The van der Waals surface area contributed by atoms with Crippen LogP contribution in [0, 0.1) is 0 Å². The smallest absolute Gasteiger partial charge is 0.115 e. The van der Waals surface area contributed by atoms with Crippen molar-refractivity contribution in [2.75, 3.05) is 0 Å². The highest BCUT2D eigenvalue weighted by atomic mass is 35.5. The Morgan fingerprint density at radius 3 is 2.14 bits per heavy atom. The Hall–Kier alpha value is -2.77. The van der Waals surface area contributed by atoms with Crippen LogP contribution >= 0.6 is 11.6 Å². The van der Waals surface area contributed by atoms with Gasteiger partial charge >= 0.3 is 0 Å². The molecule has 0 saturated heterocycles. The lowest BCUT2D eigenvalue weighted by Crippen LogP contribution is -1.96. The molecule has 29 heavy (non-hydrogen) atoms. The molecule has 4 rings (SSSR count). The fourth-order valence-corrected chi connectivity index (χ4v) is 4.18. The summed E-state index contributed by atoms with van der Waals surface area (Å²) < 4.78 is 0. The zero-order valence-corrected chi connectivity index (χ0v) is 17.4. The van der Waals surface area contributed by atoms with E-state index in [9.17, 15) is 5.11 Å². The van der Waals surface area contributed by atoms with Crippen LogP contribution < -0.4 is 0 Å². The van der Waals surface area contributed by atoms with Crippen molar-refractivity contribution in [2.45, 2.75) is 32.1 Å². The standard InChI is InChI=1S/C27H25ClO/c1-3-18-5-7-20(8-6-18)27(21-11-14-23(29)15-12-21)24(4-2)25-16-13-22(17-26(25)28)19-9-10-19/h3,5-8,11-17,19,29H,1,4,9-10H2,2H3/b27-24+. The zero-order chi connectivity index (χ0) is 20.4. The zero-order valence-electron chi connectivity index (χ0n) is 16.7. The second-order valence-electron chi connectivity index (χ2n) is 7.59. The van der Waals surface area contributed by atoms with Crippen molar-refractivity contribution in [1.29, 1.82) is 0 Å². The first-order valence-corrected chi connectivity index (χ1v) is 10.5. The quantitative estimate of drug-likeness (QED) is 0.416. The summed E-state index contributed by atoms with van der Waals surface area (Å²) >= 11 is 6.78. The van der Waals surface area contributed by atoms with Crippen molar-refractivity contribution in [3.8, 4) is 5.75 Å². The van der Waals surface area contributed by atoms with E-state index in [1.807, 2.05) is 18.2 Å². The first-order valence-electron chi connectivity index (χ1n) is 10.2. The third-order valence-electron chi connectivity index (χ3n) is 5.61. The SMILES string of the molecule is C=Cc1ccc(/C(=C(/CC)c2ccc(C3CC3)cc2Cl)c2ccc(O)cc2)cc1. The van der Waals surface area contributed by atoms with Crippen LogP contribution in [0.25, 0.3) is 17.2 Å². The molecule has 0 aliphatic heterocycles. The molecule has 1 fully saturated rings. The van der Waals surface area contributed by atoms with Gasteiger partial charge in [0.1, 0.15) is 5.75 Å². The molecule has 0 aromatic heterocycles. The highest BCUT2D eigenvalue weighted by Crippen LogP contribution is 2.43. The van der Waals surface area contributed by atoms with Gasteiger partial charge in [0.05, 0.1) is 0 Å². The third kappa shape index (κ3) is 4.16. The van der Waals surface area contributed by atoms with E-state index in [0.29, 0.717) is 5.92 Å². The van der Waals surface area contributed by atoms with Crippen molar-refractivity contribution in [3.05, 3.63) is 106 Å². The number of rotatable bonds is 6. The average molecular weight is 401 g/mol. The molecular weight excluding hydrogens is 376 g/mol. The fraction of sp³-hybridized carbons (Fsp3) is 0.185. The summed E-state index contributed by atoms with van der Waals surface area (Å²) in [5.74, 6) is 0.943. The Kier molecular flexibility index (Phi) is 5.60. The van der Waals surface area contributed by atoms with E-state index < -0.39 is 0 Å². The van der Waals surface area contributed by atoms with Gasteiger partial charge in [-0.05, 0) is 82.3 Å². The van der Waals surface area contributed by atoms with E-state index in [1.54, 1.807) is 12.1 Å². The lowest BCUT2D eigenvalue weighted by molar-refractivity contribution is 0.475. The number of phenols is 1. The molecule has 0 unspecified atom stereocenters. The maximum absolute atomic E-state index is 9.77. The molecule has 2 heteroatoms. The van der Waals surface area contributed by atoms with Gasteiger partial charge in [-0.1, -0.05) is 79.7 Å². The minimum Gasteiger partial charge on any atom is -0.508 e. The largest absolute Gasteiger partial charge is 0.508 e. The van der Waals surface area contributed by atoms with Crippen molar-refractivity contribution in [3.63, 3.8) is 0 Å². The molecule has 1 saturated carbocycles. The van der Waals surface area contributed by atoms with Crippen LogP contribution in [0.2, 0.25) is 5.02 Å². The van der Waals surface area contributed by atoms with E-state index in [2.05, 4.69) is 56.0 Å². The van der Waals surface area contributed by atoms with Crippen molar-refractivity contribution < 1.29 is 5.11 Å². The lowest BCUT2D eigenvalue weighted by atomic mass is 9.87. The molecule has 0 spiro atoms. The molecule has 146 valence electrons. The van der Waals surface area contributed by atoms with Gasteiger partial charge in [-0.3, -0.25) is 0 Å². The average Bonchev–Trinajstić information content (AvgIpc) is 3.59. The summed E-state index contributed by atoms with van der Waals surface area (Å²) in [6.45, 7) is 6.02. The minimum atomic E-state index is 0.264. The molecule has 0 radical (unpaired) electrons. The monoisotopic (exact) mass is 400 g/mol. The van der Waals surface area contributed by atoms with Crippen LogP contribution in [0.15, 0.2) is 73.3 Å². The first kappa shape index (κ1) is 19.5. The van der Waals surface area contributed by atoms with Gasteiger partial charge in [-0.15, -0.1) is 0 Å². The van der Waals surface area contributed by atoms with Crippen LogP contribution in [-0.4, -0.2) is 5.11 Å². The summed E-state index contributed by atoms with van der Waals surface area (Å²) in [5.41, 5.74) is 8.04. The van der Waals surface area contributed by atoms with Gasteiger partial charge < -0.3 is 5.11 Å². The van der Waals surface area contributed by atoms with Gasteiger partial charge in [-0.2, -0.15) is 0 Å². The Bertz CT molecular complexity index is 1050. The molecule has 1 aliphatic carbocycles. The molecule has 1 aliphatic rings. The van der Waals surface area contributed by atoms with Crippen molar-refractivity contribution >= 4 is 28.8 Å². The number of hydrogen-bond acceptors (Lipinski definition) is 1. The van der Waals surface area contributed by atoms with Gasteiger partial charge in [-0.25, -0.2) is 0 Å². The maximum atomic E-state index is 9.77. The number of aromatic hydroxyl groups is 1. The van der Waals surface area contributed by atoms with Crippen molar-refractivity contribution in [1.82, 2.24) is 0 Å². The highest BCUT2D eigenvalue weighted by molar-refractivity contribution is 6.32. The third-order valence-corrected chi connectivity index (χ3v) is 5.93. The summed E-state index contributed by atoms with van der Waals surface area (Å²) in [6.07, 6.45) is 5.23. The molecule has 1 N–H and O–H groups in total. The number of hydrogen-bond donors (Lipinski definition) is 1. The molecule has 0 amide bonds. The molecule has 1 nitrogen and oxygen atoms in total. The number of allylic oxidation sites excluding steroid dienone is 1. The number of benzene rings is 3. The van der Waals surface area contributed by atoms with Gasteiger partial charge in [0.25, 0.3) is 0 Å². The molecule has 3 aromatic rings. The number of phenolic OH excluding ortho intramolecular Hbond substituents is 1. The molecule has 0 atom stereocenters. The predicted octanol–water partition coefficient (Wildman–Crippen LogP) is 7.94. The van der Waals surface area contributed by atoms with Crippen LogP contribution in [0.4, 0.5) is 0 Å². The van der Waals surface area contributed by atoms with Crippen LogP contribution in [0.5, 0.6) is 5.75 Å². The molecule has 0 bridgehead atoms. The fourth-order valence-electron chi connectivity index (χ4n) is 3.88. The Morgan fingerprint density at radius 2 is 1.62 bits per heavy atom. The topological polar surface area (TPSA) is 20.2 Å². The van der Waals surface area contributed by atoms with Gasteiger partial charge in [0.15, 0.2) is 0 Å². The van der Waals surface area contributed by atoms with Crippen LogP contribution in [0.3, 0.4) is 0 Å². The molecular formula is C27H25ClO. The Morgan fingerprint density at radius 1 is 1.00 bits per heavy atom. The number of halogens is 1. The van der Waals surface area contributed by atoms with E-state index in [4.69, 9.17) is 11.6 Å². The normalized spacial score (nSPS) is 14.4. The summed E-state index contributed by atoms with van der Waals surface area (Å²) in [7, 11) is 0. The second-order valence-corrected chi connectivity index (χ2v) is 8.00. The second kappa shape index (κ2) is 8.31. The summed E-state index contributed by atoms with van der Waals surface area (Å²) in [4.78, 5) is 0. The Labute approximate surface area is 178 Å². The highest BCUT2D eigenvalue weighted by Gasteiger charge is 2.24. The predicted molar refractivity (Wildman–Crippen MR) is 124 cm³/mol. The van der Waals surface area contributed by atoms with Crippen molar-refractivity contribution in [2.24, 2.45) is 0 Å². The van der Waals surface area contributed by atoms with Gasteiger partial charge in [0, 0.05) is 5.02 Å². The summed E-state index contributed by atoms with van der Waals surface area (Å²) in [5, 5.41) is 10.6. The molecule has 0 heterocycles. The van der Waals surface area contributed by atoms with E-state index in [0.717, 1.165) is 39.3 Å². The Balaban J connectivity index is 1.91. The summed E-state index contributed by atoms with van der Waals surface area (Å²) in [6, 6.07) is 22.3. The van der Waals surface area contributed by atoms with E-state index >= 15 is 0 Å². The minimum absolute atomic E-state index is 0.264. The van der Waals surface area contributed by atoms with Crippen LogP contribution in [0.1, 0.15) is 59.9 Å². The lowest BCUT2D eigenvalue weighted by Gasteiger charge is -2.18. The molecule has 3 aromatic carbocycles. The maximum Gasteiger partial charge on any atom is 0.115 e. The van der Waals surface area contributed by atoms with Crippen LogP contribution in [-0.2, 0) is 0 Å².